The van der Waals surface area contributed by atoms with Crippen molar-refractivity contribution in [3.05, 3.63) is 29.6 Å². The van der Waals surface area contributed by atoms with Gasteiger partial charge in [-0.05, 0) is 38.8 Å². The van der Waals surface area contributed by atoms with Crippen LogP contribution >= 0.6 is 0 Å². The maximum absolute atomic E-state index is 12.0. The normalized spacial score (nSPS) is 17.4. The Bertz CT molecular complexity index is 526. The van der Waals surface area contributed by atoms with Gasteiger partial charge in [-0.25, -0.2) is 13.1 Å². The van der Waals surface area contributed by atoms with Crippen molar-refractivity contribution in [2.75, 3.05) is 6.54 Å². The standard InChI is InChI=1S/C13H21N3O2S/c1-10-4-3-5-13(16-10)9-15-19(17,18)11(2)8-14-12-6-7-12/h3-5,11-12,14-15H,6-9H2,1-2H3. The number of nitrogens with one attached hydrogen (secondary N) is 2. The predicted octanol–water partition coefficient (Wildman–Crippen LogP) is 0.950. The van der Waals surface area contributed by atoms with Gasteiger partial charge in [-0.15, -0.1) is 0 Å². The van der Waals surface area contributed by atoms with Gasteiger partial charge < -0.3 is 5.32 Å². The molecule has 0 aromatic carbocycles. The summed E-state index contributed by atoms with van der Waals surface area (Å²) < 4.78 is 26.7. The van der Waals surface area contributed by atoms with E-state index in [-0.39, 0.29) is 6.54 Å². The third-order valence-electron chi connectivity index (χ3n) is 3.20. The Kier molecular flexibility index (Phi) is 4.54. The Labute approximate surface area is 114 Å². The Morgan fingerprint density at radius 1 is 1.42 bits per heavy atom. The van der Waals surface area contributed by atoms with Gasteiger partial charge in [0.2, 0.25) is 10.0 Å². The van der Waals surface area contributed by atoms with E-state index in [9.17, 15) is 8.42 Å². The molecule has 106 valence electrons. The number of pyridine rings is 1. The summed E-state index contributed by atoms with van der Waals surface area (Å²) in [5.74, 6) is 0. The molecule has 1 aliphatic rings. The molecule has 0 aliphatic heterocycles. The number of aromatic nitrogens is 1. The van der Waals surface area contributed by atoms with Gasteiger partial charge in [0, 0.05) is 18.3 Å². The van der Waals surface area contributed by atoms with E-state index < -0.39 is 15.3 Å². The molecule has 1 unspecified atom stereocenters. The monoisotopic (exact) mass is 283 g/mol. The molecule has 1 fully saturated rings. The van der Waals surface area contributed by atoms with Crippen LogP contribution in [-0.4, -0.2) is 31.2 Å². The zero-order chi connectivity index (χ0) is 13.9. The van der Waals surface area contributed by atoms with Crippen molar-refractivity contribution in [1.29, 1.82) is 0 Å². The van der Waals surface area contributed by atoms with Gasteiger partial charge in [0.25, 0.3) is 0 Å². The highest BCUT2D eigenvalue weighted by Crippen LogP contribution is 2.18. The lowest BCUT2D eigenvalue weighted by Gasteiger charge is -2.14. The fraction of sp³-hybridized carbons (Fsp3) is 0.615. The van der Waals surface area contributed by atoms with Crippen molar-refractivity contribution in [3.8, 4) is 0 Å². The van der Waals surface area contributed by atoms with Gasteiger partial charge in [-0.3, -0.25) is 4.98 Å². The quantitative estimate of drug-likeness (QED) is 0.781. The number of aryl methyl sites for hydroxylation is 1. The molecule has 0 saturated heterocycles. The number of nitrogens with zero attached hydrogens (tertiary/aromatic N) is 1. The number of rotatable bonds is 7. The first-order chi connectivity index (χ1) is 8.97. The highest BCUT2D eigenvalue weighted by molar-refractivity contribution is 7.90. The summed E-state index contributed by atoms with van der Waals surface area (Å²) in [5, 5.41) is 2.80. The first kappa shape index (κ1) is 14.4. The molecule has 0 spiro atoms. The Hall–Kier alpha value is -0.980. The minimum atomic E-state index is -3.29. The Balaban J connectivity index is 1.85. The molecule has 1 aliphatic carbocycles. The van der Waals surface area contributed by atoms with Crippen LogP contribution in [0.4, 0.5) is 0 Å². The van der Waals surface area contributed by atoms with E-state index in [4.69, 9.17) is 0 Å². The summed E-state index contributed by atoms with van der Waals surface area (Å²) in [6, 6.07) is 6.11. The minimum absolute atomic E-state index is 0.248. The molecule has 1 atom stereocenters. The molecule has 1 aromatic rings. The van der Waals surface area contributed by atoms with Gasteiger partial charge in [0.1, 0.15) is 0 Å². The molecule has 0 bridgehead atoms. The van der Waals surface area contributed by atoms with Crippen LogP contribution in [-0.2, 0) is 16.6 Å². The van der Waals surface area contributed by atoms with Crippen molar-refractivity contribution in [2.45, 2.75) is 44.5 Å². The van der Waals surface area contributed by atoms with Gasteiger partial charge in [0.15, 0.2) is 0 Å². The smallest absolute Gasteiger partial charge is 0.215 e. The van der Waals surface area contributed by atoms with Gasteiger partial charge >= 0.3 is 0 Å². The second kappa shape index (κ2) is 5.98. The molecule has 0 radical (unpaired) electrons. The van der Waals surface area contributed by atoms with E-state index in [0.29, 0.717) is 12.6 Å². The molecule has 1 saturated carbocycles. The highest BCUT2D eigenvalue weighted by atomic mass is 32.2. The summed E-state index contributed by atoms with van der Waals surface area (Å²) in [6.45, 7) is 4.36. The Morgan fingerprint density at radius 2 is 2.16 bits per heavy atom. The van der Waals surface area contributed by atoms with E-state index >= 15 is 0 Å². The van der Waals surface area contributed by atoms with E-state index in [1.54, 1.807) is 6.92 Å². The third kappa shape index (κ3) is 4.56. The maximum Gasteiger partial charge on any atom is 0.215 e. The molecule has 19 heavy (non-hydrogen) atoms. The van der Waals surface area contributed by atoms with Crippen LogP contribution in [0.5, 0.6) is 0 Å². The molecular formula is C13H21N3O2S. The van der Waals surface area contributed by atoms with Crippen molar-refractivity contribution < 1.29 is 8.42 Å². The largest absolute Gasteiger partial charge is 0.313 e. The fourth-order valence-corrected chi connectivity index (χ4v) is 2.69. The van der Waals surface area contributed by atoms with Crippen molar-refractivity contribution in [3.63, 3.8) is 0 Å². The first-order valence-electron chi connectivity index (χ1n) is 6.62. The number of hydrogen-bond acceptors (Lipinski definition) is 4. The van der Waals surface area contributed by atoms with E-state index in [1.165, 1.54) is 0 Å². The topological polar surface area (TPSA) is 71.1 Å². The van der Waals surface area contributed by atoms with Crippen molar-refractivity contribution in [2.24, 2.45) is 0 Å². The zero-order valence-electron chi connectivity index (χ0n) is 11.4. The lowest BCUT2D eigenvalue weighted by Crippen LogP contribution is -2.39. The summed E-state index contributed by atoms with van der Waals surface area (Å²) in [6.07, 6.45) is 2.32. The number of sulfonamides is 1. The van der Waals surface area contributed by atoms with E-state index in [2.05, 4.69) is 15.0 Å². The molecule has 2 N–H and O–H groups in total. The number of hydrogen-bond donors (Lipinski definition) is 2. The summed E-state index contributed by atoms with van der Waals surface area (Å²) in [5.41, 5.74) is 1.63. The molecule has 1 aromatic heterocycles. The average molecular weight is 283 g/mol. The van der Waals surface area contributed by atoms with E-state index in [0.717, 1.165) is 24.2 Å². The molecule has 6 heteroatoms. The minimum Gasteiger partial charge on any atom is -0.313 e. The summed E-state index contributed by atoms with van der Waals surface area (Å²) in [7, 11) is -3.29. The highest BCUT2D eigenvalue weighted by Gasteiger charge is 2.25. The molecule has 0 amide bonds. The fourth-order valence-electron chi connectivity index (χ4n) is 1.74. The molecule has 2 rings (SSSR count). The maximum atomic E-state index is 12.0. The van der Waals surface area contributed by atoms with Crippen LogP contribution in [0.2, 0.25) is 0 Å². The van der Waals surface area contributed by atoms with Crippen LogP contribution in [0, 0.1) is 6.92 Å². The lowest BCUT2D eigenvalue weighted by molar-refractivity contribution is 0.556. The lowest BCUT2D eigenvalue weighted by atomic mass is 10.3. The van der Waals surface area contributed by atoms with Gasteiger partial charge in [0.05, 0.1) is 17.5 Å². The predicted molar refractivity (Wildman–Crippen MR) is 75.2 cm³/mol. The Morgan fingerprint density at radius 3 is 2.79 bits per heavy atom. The van der Waals surface area contributed by atoms with Gasteiger partial charge in [-0.2, -0.15) is 0 Å². The summed E-state index contributed by atoms with van der Waals surface area (Å²) >= 11 is 0. The van der Waals surface area contributed by atoms with Crippen LogP contribution in [0.25, 0.3) is 0 Å². The van der Waals surface area contributed by atoms with Crippen LogP contribution in [0.15, 0.2) is 18.2 Å². The second-order valence-corrected chi connectivity index (χ2v) is 7.31. The van der Waals surface area contributed by atoms with Crippen molar-refractivity contribution in [1.82, 2.24) is 15.0 Å². The summed E-state index contributed by atoms with van der Waals surface area (Å²) in [4.78, 5) is 4.28. The third-order valence-corrected chi connectivity index (χ3v) is 4.97. The average Bonchev–Trinajstić information content (AvgIpc) is 3.18. The van der Waals surface area contributed by atoms with Crippen molar-refractivity contribution >= 4 is 10.0 Å². The zero-order valence-corrected chi connectivity index (χ0v) is 12.2. The van der Waals surface area contributed by atoms with Crippen LogP contribution in [0.1, 0.15) is 31.2 Å². The molecule has 1 heterocycles. The van der Waals surface area contributed by atoms with Gasteiger partial charge in [-0.1, -0.05) is 6.07 Å². The van der Waals surface area contributed by atoms with Crippen LogP contribution in [0.3, 0.4) is 0 Å². The van der Waals surface area contributed by atoms with Crippen LogP contribution < -0.4 is 10.0 Å². The second-order valence-electron chi connectivity index (χ2n) is 5.13. The molecular weight excluding hydrogens is 262 g/mol. The SMILES string of the molecule is Cc1cccc(CNS(=O)(=O)C(C)CNC2CC2)n1. The van der Waals surface area contributed by atoms with E-state index in [1.807, 2.05) is 25.1 Å². The molecule has 5 nitrogen and oxygen atoms in total. The first-order valence-corrected chi connectivity index (χ1v) is 8.16.